The molecule has 0 N–H and O–H groups in total. The summed E-state index contributed by atoms with van der Waals surface area (Å²) >= 11 is 1.26. The number of para-hydroxylation sites is 1. The summed E-state index contributed by atoms with van der Waals surface area (Å²) in [6.07, 6.45) is 6.43. The second-order valence-corrected chi connectivity index (χ2v) is 10.0. The second kappa shape index (κ2) is 8.74. The Morgan fingerprint density at radius 1 is 1.15 bits per heavy atom. The van der Waals surface area contributed by atoms with Gasteiger partial charge in [-0.2, -0.15) is 0 Å². The summed E-state index contributed by atoms with van der Waals surface area (Å²) in [6.45, 7) is 5.23. The van der Waals surface area contributed by atoms with Gasteiger partial charge in [-0.3, -0.25) is 19.0 Å². The smallest absolute Gasteiger partial charge is 0.268 e. The van der Waals surface area contributed by atoms with Gasteiger partial charge in [-0.15, -0.1) is 11.3 Å². The molecule has 0 aliphatic carbocycles. The number of aryl methyl sites for hydroxylation is 2. The number of amides is 2. The minimum Gasteiger partial charge on any atom is -0.338 e. The Labute approximate surface area is 196 Å². The van der Waals surface area contributed by atoms with Crippen molar-refractivity contribution < 1.29 is 9.59 Å². The van der Waals surface area contributed by atoms with Gasteiger partial charge in [0.15, 0.2) is 0 Å². The number of benzene rings is 1. The van der Waals surface area contributed by atoms with Crippen molar-refractivity contribution in [1.82, 2.24) is 14.5 Å². The van der Waals surface area contributed by atoms with Crippen LogP contribution in [0.2, 0.25) is 0 Å². The minimum atomic E-state index is -0.259. The first-order valence-corrected chi connectivity index (χ1v) is 12.4. The summed E-state index contributed by atoms with van der Waals surface area (Å²) in [6, 6.07) is 8.18. The molecule has 33 heavy (non-hydrogen) atoms. The van der Waals surface area contributed by atoms with Gasteiger partial charge in [0, 0.05) is 24.8 Å². The highest BCUT2D eigenvalue weighted by atomic mass is 32.1. The largest absolute Gasteiger partial charge is 0.338 e. The zero-order chi connectivity index (χ0) is 23.1. The van der Waals surface area contributed by atoms with Crippen LogP contribution in [0.3, 0.4) is 0 Å². The zero-order valence-electron chi connectivity index (χ0n) is 19.0. The number of hydrogen-bond donors (Lipinski definition) is 0. The van der Waals surface area contributed by atoms with Crippen LogP contribution in [0, 0.1) is 6.92 Å². The molecule has 1 saturated heterocycles. The lowest BCUT2D eigenvalue weighted by molar-refractivity contribution is -0.135. The molecule has 1 atom stereocenters. The molecule has 4 heterocycles. The highest BCUT2D eigenvalue weighted by Gasteiger charge is 2.28. The Balaban J connectivity index is 1.46. The van der Waals surface area contributed by atoms with Crippen molar-refractivity contribution in [3.63, 3.8) is 0 Å². The maximum absolute atomic E-state index is 13.5. The number of anilines is 1. The van der Waals surface area contributed by atoms with E-state index in [1.54, 1.807) is 0 Å². The average molecular weight is 465 g/mol. The van der Waals surface area contributed by atoms with Crippen LogP contribution in [0.5, 0.6) is 0 Å². The molecule has 2 amide bonds. The predicted octanol–water partition coefficient (Wildman–Crippen LogP) is 3.76. The van der Waals surface area contributed by atoms with Gasteiger partial charge in [-0.25, -0.2) is 4.98 Å². The molecule has 0 radical (unpaired) electrons. The molecule has 0 spiro atoms. The molecular formula is C25H28N4O3S. The molecule has 1 fully saturated rings. The molecule has 0 bridgehead atoms. The number of hydrogen-bond acceptors (Lipinski definition) is 5. The van der Waals surface area contributed by atoms with Gasteiger partial charge >= 0.3 is 0 Å². The Morgan fingerprint density at radius 3 is 2.79 bits per heavy atom. The molecule has 0 saturated carbocycles. The first kappa shape index (κ1) is 21.8. The van der Waals surface area contributed by atoms with Crippen LogP contribution >= 0.6 is 11.3 Å². The number of nitrogens with zero attached hydrogens (tertiary/aromatic N) is 4. The van der Waals surface area contributed by atoms with Crippen LogP contribution in [-0.4, -0.2) is 45.4 Å². The topological polar surface area (TPSA) is 75.5 Å². The summed E-state index contributed by atoms with van der Waals surface area (Å²) in [4.78, 5) is 48.9. The third-order valence-electron chi connectivity index (χ3n) is 6.90. The van der Waals surface area contributed by atoms with Crippen molar-refractivity contribution in [3.05, 3.63) is 57.0 Å². The van der Waals surface area contributed by atoms with Gasteiger partial charge in [-0.05, 0) is 63.1 Å². The van der Waals surface area contributed by atoms with E-state index in [9.17, 15) is 14.4 Å². The van der Waals surface area contributed by atoms with E-state index >= 15 is 0 Å². The monoisotopic (exact) mass is 464 g/mol. The van der Waals surface area contributed by atoms with Crippen LogP contribution in [0.15, 0.2) is 35.4 Å². The lowest BCUT2D eigenvalue weighted by Gasteiger charge is -2.33. The van der Waals surface area contributed by atoms with Crippen LogP contribution in [-0.2, 0) is 17.8 Å². The first-order chi connectivity index (χ1) is 16.0. The molecule has 2 aliphatic heterocycles. The molecular weight excluding hydrogens is 436 g/mol. The third kappa shape index (κ3) is 3.86. The lowest BCUT2D eigenvalue weighted by Crippen LogP contribution is -2.44. The van der Waals surface area contributed by atoms with Crippen molar-refractivity contribution in [2.75, 3.05) is 18.0 Å². The van der Waals surface area contributed by atoms with Crippen LogP contribution in [0.4, 0.5) is 5.69 Å². The molecule has 5 rings (SSSR count). The van der Waals surface area contributed by atoms with E-state index in [-0.39, 0.29) is 30.0 Å². The molecule has 1 unspecified atom stereocenters. The maximum atomic E-state index is 13.5. The summed E-state index contributed by atoms with van der Waals surface area (Å²) in [5.74, 6) is -0.147. The number of carbonyl (C=O) groups is 2. The van der Waals surface area contributed by atoms with Crippen molar-refractivity contribution >= 4 is 39.1 Å². The number of rotatable bonds is 3. The summed E-state index contributed by atoms with van der Waals surface area (Å²) < 4.78 is 1.39. The second-order valence-electron chi connectivity index (χ2n) is 9.03. The zero-order valence-corrected chi connectivity index (χ0v) is 19.9. The fourth-order valence-corrected chi connectivity index (χ4v) is 6.14. The summed E-state index contributed by atoms with van der Waals surface area (Å²) in [5.41, 5.74) is 2.50. The fraction of sp³-hybridized carbons (Fsp3) is 0.440. The first-order valence-electron chi connectivity index (χ1n) is 11.6. The summed E-state index contributed by atoms with van der Waals surface area (Å²) in [5, 5.41) is 0.440. The van der Waals surface area contributed by atoms with E-state index in [2.05, 4.69) is 18.0 Å². The normalized spacial score (nSPS) is 18.4. The summed E-state index contributed by atoms with van der Waals surface area (Å²) in [7, 11) is 0. The van der Waals surface area contributed by atoms with E-state index in [1.807, 2.05) is 34.9 Å². The molecule has 3 aromatic rings. The SMILES string of the molecule is Cc1c(C(=O)N2CCCc3ccccc32)sc2ncn(CC(=O)N3CCCCC3C)c(=O)c12. The molecule has 1 aromatic carbocycles. The number of fused-ring (bicyclic) bond motifs is 2. The Hall–Kier alpha value is -3.00. The van der Waals surface area contributed by atoms with E-state index in [1.165, 1.54) is 27.8 Å². The molecule has 172 valence electrons. The van der Waals surface area contributed by atoms with E-state index in [0.29, 0.717) is 27.2 Å². The van der Waals surface area contributed by atoms with E-state index < -0.39 is 0 Å². The van der Waals surface area contributed by atoms with E-state index in [4.69, 9.17) is 0 Å². The minimum absolute atomic E-state index is 0.0236. The number of likely N-dealkylation sites (tertiary alicyclic amines) is 1. The Kier molecular flexibility index (Phi) is 5.78. The highest BCUT2D eigenvalue weighted by Crippen LogP contribution is 2.33. The van der Waals surface area contributed by atoms with Crippen molar-refractivity contribution in [2.24, 2.45) is 0 Å². The van der Waals surface area contributed by atoms with Crippen LogP contribution in [0.25, 0.3) is 10.2 Å². The van der Waals surface area contributed by atoms with Crippen LogP contribution in [0.1, 0.15) is 53.4 Å². The standard InChI is InChI=1S/C25H28N4O3S/c1-16-8-5-6-12-28(16)20(30)14-27-15-26-23-21(24(27)31)17(2)22(33-23)25(32)29-13-7-10-18-9-3-4-11-19(18)29/h3-4,9,11,15-16H,5-8,10,12-14H2,1-2H3. The molecule has 2 aromatic heterocycles. The Morgan fingerprint density at radius 2 is 1.97 bits per heavy atom. The Bertz CT molecular complexity index is 1290. The van der Waals surface area contributed by atoms with Gasteiger partial charge in [0.05, 0.1) is 16.6 Å². The maximum Gasteiger partial charge on any atom is 0.268 e. The van der Waals surface area contributed by atoms with Gasteiger partial charge in [-0.1, -0.05) is 18.2 Å². The van der Waals surface area contributed by atoms with Crippen LogP contribution < -0.4 is 10.5 Å². The van der Waals surface area contributed by atoms with Crippen molar-refractivity contribution in [2.45, 2.75) is 58.5 Å². The van der Waals surface area contributed by atoms with Crippen molar-refractivity contribution in [1.29, 1.82) is 0 Å². The highest BCUT2D eigenvalue weighted by molar-refractivity contribution is 7.20. The van der Waals surface area contributed by atoms with Gasteiger partial charge in [0.2, 0.25) is 5.91 Å². The van der Waals surface area contributed by atoms with Gasteiger partial charge in [0.25, 0.3) is 11.5 Å². The predicted molar refractivity (Wildman–Crippen MR) is 130 cm³/mol. The quantitative estimate of drug-likeness (QED) is 0.592. The lowest BCUT2D eigenvalue weighted by atomic mass is 10.0. The third-order valence-corrected chi connectivity index (χ3v) is 8.08. The molecule has 7 nitrogen and oxygen atoms in total. The number of piperidine rings is 1. The van der Waals surface area contributed by atoms with E-state index in [0.717, 1.165) is 44.3 Å². The average Bonchev–Trinajstić information content (AvgIpc) is 3.17. The van der Waals surface area contributed by atoms with Crippen molar-refractivity contribution in [3.8, 4) is 0 Å². The van der Waals surface area contributed by atoms with Gasteiger partial charge < -0.3 is 9.80 Å². The molecule has 2 aliphatic rings. The number of carbonyl (C=O) groups excluding carboxylic acids is 2. The number of aromatic nitrogens is 2. The fourth-order valence-electron chi connectivity index (χ4n) is 5.05. The number of thiophene rings is 1. The molecule has 8 heteroatoms. The van der Waals surface area contributed by atoms with Gasteiger partial charge in [0.1, 0.15) is 11.4 Å².